The van der Waals surface area contributed by atoms with Gasteiger partial charge in [0, 0.05) is 25.7 Å². The first kappa shape index (κ1) is 24.3. The number of nitrogens with zero attached hydrogens (tertiary/aromatic N) is 3. The van der Waals surface area contributed by atoms with Crippen LogP contribution in [0.15, 0.2) is 83.5 Å². The fourth-order valence-electron chi connectivity index (χ4n) is 3.89. The maximum absolute atomic E-state index is 10.6. The number of hydrogen-bond donors (Lipinski definition) is 1. The van der Waals surface area contributed by atoms with Gasteiger partial charge in [0.2, 0.25) is 5.88 Å². The molecule has 0 radical (unpaired) electrons. The zero-order valence-electron chi connectivity index (χ0n) is 19.7. The number of benzene rings is 2. The van der Waals surface area contributed by atoms with Crippen LogP contribution in [0.3, 0.4) is 0 Å². The number of terminal acetylenes is 1. The van der Waals surface area contributed by atoms with Crippen molar-refractivity contribution >= 4 is 0 Å². The Labute approximate surface area is 205 Å². The van der Waals surface area contributed by atoms with Crippen molar-refractivity contribution in [1.82, 2.24) is 14.7 Å². The lowest BCUT2D eigenvalue weighted by Gasteiger charge is -2.24. The zero-order valence-corrected chi connectivity index (χ0v) is 19.7. The van der Waals surface area contributed by atoms with E-state index in [1.165, 1.54) is 0 Å². The number of aryl methyl sites for hydroxylation is 1. The molecule has 0 bridgehead atoms. The number of aliphatic hydroxyl groups excluding tert-OH is 1. The van der Waals surface area contributed by atoms with Crippen molar-refractivity contribution in [3.8, 4) is 35.2 Å². The molecule has 7 heteroatoms. The van der Waals surface area contributed by atoms with Crippen LogP contribution in [-0.2, 0) is 24.9 Å². The molecular formula is C28H29N3O4. The van der Waals surface area contributed by atoms with Gasteiger partial charge in [-0.15, -0.1) is 6.42 Å². The van der Waals surface area contributed by atoms with Gasteiger partial charge >= 0.3 is 0 Å². The second kappa shape index (κ2) is 12.0. The van der Waals surface area contributed by atoms with E-state index in [9.17, 15) is 5.11 Å². The van der Waals surface area contributed by atoms with Crippen LogP contribution in [0, 0.1) is 12.3 Å². The SMILES string of the molecule is C#CCOCC(O)CN(Cc1ccco1)Cc1c(-c2ccccc2)nn(C)c1Oc1ccccc1. The quantitative estimate of drug-likeness (QED) is 0.243. The highest BCUT2D eigenvalue weighted by Gasteiger charge is 2.24. The van der Waals surface area contributed by atoms with Gasteiger partial charge in [0.05, 0.1) is 31.1 Å². The number of aromatic nitrogens is 2. The molecule has 2 aromatic heterocycles. The minimum absolute atomic E-state index is 0.144. The molecule has 0 saturated carbocycles. The molecule has 0 saturated heterocycles. The molecule has 0 spiro atoms. The fraction of sp³-hybridized carbons (Fsp3) is 0.250. The van der Waals surface area contributed by atoms with E-state index in [4.69, 9.17) is 25.4 Å². The van der Waals surface area contributed by atoms with Crippen LogP contribution in [0.5, 0.6) is 11.6 Å². The van der Waals surface area contributed by atoms with Gasteiger partial charge in [-0.1, -0.05) is 54.5 Å². The highest BCUT2D eigenvalue weighted by Crippen LogP contribution is 2.34. The molecule has 180 valence electrons. The molecule has 0 amide bonds. The second-order valence-electron chi connectivity index (χ2n) is 8.16. The summed E-state index contributed by atoms with van der Waals surface area (Å²) >= 11 is 0. The van der Waals surface area contributed by atoms with Crippen LogP contribution in [-0.4, -0.2) is 45.6 Å². The van der Waals surface area contributed by atoms with Crippen molar-refractivity contribution in [2.75, 3.05) is 19.8 Å². The summed E-state index contributed by atoms with van der Waals surface area (Å²) in [6, 6.07) is 23.4. The van der Waals surface area contributed by atoms with Gasteiger partial charge < -0.3 is 19.0 Å². The van der Waals surface area contributed by atoms with Crippen molar-refractivity contribution in [3.63, 3.8) is 0 Å². The van der Waals surface area contributed by atoms with Crippen LogP contribution >= 0.6 is 0 Å². The van der Waals surface area contributed by atoms with Gasteiger partial charge in [-0.2, -0.15) is 5.10 Å². The van der Waals surface area contributed by atoms with Gasteiger partial charge in [0.15, 0.2) is 0 Å². The number of aliphatic hydroxyl groups is 1. The van der Waals surface area contributed by atoms with Crippen molar-refractivity contribution in [2.45, 2.75) is 19.2 Å². The molecule has 1 atom stereocenters. The van der Waals surface area contributed by atoms with Gasteiger partial charge in [0.25, 0.3) is 0 Å². The van der Waals surface area contributed by atoms with Crippen LogP contribution in [0.1, 0.15) is 11.3 Å². The molecule has 2 aromatic carbocycles. The number of furan rings is 1. The molecule has 0 aliphatic rings. The van der Waals surface area contributed by atoms with Crippen molar-refractivity contribution in [3.05, 3.63) is 90.4 Å². The Hall–Kier alpha value is -3.83. The molecule has 7 nitrogen and oxygen atoms in total. The predicted molar refractivity (Wildman–Crippen MR) is 134 cm³/mol. The first-order valence-corrected chi connectivity index (χ1v) is 11.4. The molecule has 1 N–H and O–H groups in total. The third-order valence-corrected chi connectivity index (χ3v) is 5.40. The highest BCUT2D eigenvalue weighted by molar-refractivity contribution is 5.65. The van der Waals surface area contributed by atoms with Crippen LogP contribution in [0.25, 0.3) is 11.3 Å². The van der Waals surface area contributed by atoms with E-state index in [1.807, 2.05) is 79.8 Å². The number of hydrogen-bond acceptors (Lipinski definition) is 6. The van der Waals surface area contributed by atoms with Crippen molar-refractivity contribution in [1.29, 1.82) is 0 Å². The standard InChI is InChI=1S/C28H29N3O4/c1-3-16-33-21-23(32)18-31(19-25-15-10-17-34-25)20-26-27(22-11-6-4-7-12-22)29-30(2)28(26)35-24-13-8-5-9-14-24/h1,4-15,17,23,32H,16,18-21H2,2H3. The Morgan fingerprint density at radius 2 is 1.80 bits per heavy atom. The van der Waals surface area contributed by atoms with E-state index in [0.29, 0.717) is 25.5 Å². The Morgan fingerprint density at radius 1 is 1.06 bits per heavy atom. The monoisotopic (exact) mass is 471 g/mol. The predicted octanol–water partition coefficient (Wildman–Crippen LogP) is 4.49. The minimum Gasteiger partial charge on any atom is -0.468 e. The third-order valence-electron chi connectivity index (χ3n) is 5.40. The van der Waals surface area contributed by atoms with E-state index in [-0.39, 0.29) is 13.2 Å². The lowest BCUT2D eigenvalue weighted by Crippen LogP contribution is -2.34. The number of para-hydroxylation sites is 1. The molecule has 0 fully saturated rings. The largest absolute Gasteiger partial charge is 0.468 e. The van der Waals surface area contributed by atoms with Crippen molar-refractivity contribution < 1.29 is 19.0 Å². The molecule has 4 aromatic rings. The number of ether oxygens (including phenoxy) is 2. The summed E-state index contributed by atoms with van der Waals surface area (Å²) in [5.74, 6) is 4.57. The highest BCUT2D eigenvalue weighted by atomic mass is 16.5. The normalized spacial score (nSPS) is 11.9. The number of rotatable bonds is 12. The molecule has 4 rings (SSSR count). The van der Waals surface area contributed by atoms with Crippen LogP contribution in [0.4, 0.5) is 0 Å². The van der Waals surface area contributed by atoms with Crippen LogP contribution < -0.4 is 4.74 Å². The van der Waals surface area contributed by atoms with E-state index in [0.717, 1.165) is 28.3 Å². The van der Waals surface area contributed by atoms with Gasteiger partial charge in [-0.3, -0.25) is 4.90 Å². The molecular weight excluding hydrogens is 442 g/mol. The Morgan fingerprint density at radius 3 is 2.49 bits per heavy atom. The summed E-state index contributed by atoms with van der Waals surface area (Å²) in [5.41, 5.74) is 2.71. The molecule has 1 unspecified atom stereocenters. The first-order valence-electron chi connectivity index (χ1n) is 11.4. The average Bonchev–Trinajstić information content (AvgIpc) is 3.49. The summed E-state index contributed by atoms with van der Waals surface area (Å²) in [6.07, 6.45) is 6.17. The minimum atomic E-state index is -0.728. The van der Waals surface area contributed by atoms with Crippen LogP contribution in [0.2, 0.25) is 0 Å². The summed E-state index contributed by atoms with van der Waals surface area (Å²) in [5, 5.41) is 15.4. The van der Waals surface area contributed by atoms with E-state index in [1.54, 1.807) is 10.9 Å². The van der Waals surface area contributed by atoms with Gasteiger partial charge in [-0.25, -0.2) is 4.68 Å². The van der Waals surface area contributed by atoms with E-state index in [2.05, 4.69) is 10.8 Å². The summed E-state index contributed by atoms with van der Waals surface area (Å²) in [7, 11) is 1.87. The molecule has 35 heavy (non-hydrogen) atoms. The third kappa shape index (κ3) is 6.61. The van der Waals surface area contributed by atoms with E-state index < -0.39 is 6.10 Å². The first-order chi connectivity index (χ1) is 17.1. The lowest BCUT2D eigenvalue weighted by molar-refractivity contribution is 0.0229. The maximum Gasteiger partial charge on any atom is 0.222 e. The molecule has 0 aliphatic carbocycles. The molecule has 0 aliphatic heterocycles. The smallest absolute Gasteiger partial charge is 0.222 e. The summed E-state index contributed by atoms with van der Waals surface area (Å²) in [4.78, 5) is 2.09. The van der Waals surface area contributed by atoms with Gasteiger partial charge in [0.1, 0.15) is 23.8 Å². The fourth-order valence-corrected chi connectivity index (χ4v) is 3.89. The Bertz CT molecular complexity index is 1210. The van der Waals surface area contributed by atoms with Gasteiger partial charge in [-0.05, 0) is 24.3 Å². The lowest BCUT2D eigenvalue weighted by atomic mass is 10.1. The zero-order chi connectivity index (χ0) is 24.5. The Kier molecular flexibility index (Phi) is 8.36. The maximum atomic E-state index is 10.6. The summed E-state index contributed by atoms with van der Waals surface area (Å²) < 4.78 is 19.0. The second-order valence-corrected chi connectivity index (χ2v) is 8.16. The Balaban J connectivity index is 1.67. The summed E-state index contributed by atoms with van der Waals surface area (Å²) in [6.45, 7) is 1.61. The average molecular weight is 472 g/mol. The molecule has 2 heterocycles. The topological polar surface area (TPSA) is 72.9 Å². The van der Waals surface area contributed by atoms with E-state index >= 15 is 0 Å². The van der Waals surface area contributed by atoms with Crippen molar-refractivity contribution in [2.24, 2.45) is 7.05 Å².